The van der Waals surface area contributed by atoms with Gasteiger partial charge in [-0.3, -0.25) is 4.79 Å². The minimum atomic E-state index is 0.00623. The molecule has 0 aromatic carbocycles. The first-order valence-corrected chi connectivity index (χ1v) is 8.00. The van der Waals surface area contributed by atoms with E-state index in [9.17, 15) is 4.79 Å². The molecule has 1 aromatic heterocycles. The zero-order valence-corrected chi connectivity index (χ0v) is 13.9. The number of aromatic nitrogens is 2. The van der Waals surface area contributed by atoms with Crippen LogP contribution < -0.4 is 15.0 Å². The molecule has 2 heterocycles. The topological polar surface area (TPSA) is 67.4 Å². The highest BCUT2D eigenvalue weighted by Gasteiger charge is 2.25. The fraction of sp³-hybridized carbons (Fsp3) is 0.688. The van der Waals surface area contributed by atoms with Gasteiger partial charge in [0.05, 0.1) is 6.10 Å². The van der Waals surface area contributed by atoms with Gasteiger partial charge in [-0.2, -0.15) is 0 Å². The molecule has 0 aliphatic carbocycles. The average molecular weight is 306 g/mol. The van der Waals surface area contributed by atoms with E-state index >= 15 is 0 Å². The molecule has 1 unspecified atom stereocenters. The van der Waals surface area contributed by atoms with E-state index in [0.717, 1.165) is 31.7 Å². The Bertz CT molecular complexity index is 505. The van der Waals surface area contributed by atoms with Gasteiger partial charge in [-0.1, -0.05) is 13.8 Å². The van der Waals surface area contributed by atoms with Crippen molar-refractivity contribution in [1.82, 2.24) is 15.3 Å². The van der Waals surface area contributed by atoms with Crippen molar-refractivity contribution in [3.8, 4) is 5.88 Å². The van der Waals surface area contributed by atoms with Crippen molar-refractivity contribution in [2.24, 2.45) is 5.92 Å². The molecule has 0 radical (unpaired) electrons. The maximum Gasteiger partial charge on any atom is 0.257 e. The largest absolute Gasteiger partial charge is 0.472 e. The van der Waals surface area contributed by atoms with Gasteiger partial charge in [-0.05, 0) is 26.7 Å². The number of rotatable bonds is 5. The van der Waals surface area contributed by atoms with Crippen LogP contribution in [0.25, 0.3) is 0 Å². The highest BCUT2D eigenvalue weighted by molar-refractivity contribution is 5.78. The maximum atomic E-state index is 11.9. The van der Waals surface area contributed by atoms with E-state index in [2.05, 4.69) is 20.2 Å². The number of nitrogens with one attached hydrogen (secondary N) is 1. The van der Waals surface area contributed by atoms with Crippen molar-refractivity contribution < 1.29 is 9.53 Å². The molecule has 2 rings (SSSR count). The Balaban J connectivity index is 2.07. The van der Waals surface area contributed by atoms with Gasteiger partial charge in [-0.25, -0.2) is 9.97 Å². The summed E-state index contributed by atoms with van der Waals surface area (Å²) in [6, 6.07) is 0.151. The molecule has 1 aliphatic heterocycles. The molecular weight excluding hydrogens is 280 g/mol. The molecule has 6 nitrogen and oxygen atoms in total. The molecule has 0 bridgehead atoms. The molecule has 22 heavy (non-hydrogen) atoms. The fourth-order valence-corrected chi connectivity index (χ4v) is 2.50. The van der Waals surface area contributed by atoms with Gasteiger partial charge in [0.25, 0.3) is 5.88 Å². The Kier molecular flexibility index (Phi) is 5.57. The first-order valence-electron chi connectivity index (χ1n) is 8.00. The number of anilines is 1. The van der Waals surface area contributed by atoms with E-state index in [0.29, 0.717) is 5.88 Å². The second-order valence-electron chi connectivity index (χ2n) is 6.30. The zero-order chi connectivity index (χ0) is 16.1. The number of carbonyl (C=O) groups excluding carboxylic acids is 1. The van der Waals surface area contributed by atoms with Crippen molar-refractivity contribution >= 4 is 11.7 Å². The Hall–Kier alpha value is -1.85. The molecule has 1 aliphatic rings. The first kappa shape index (κ1) is 16.5. The van der Waals surface area contributed by atoms with Crippen LogP contribution in [0.1, 0.15) is 40.5 Å². The van der Waals surface area contributed by atoms with Crippen LogP contribution in [-0.2, 0) is 4.79 Å². The zero-order valence-electron chi connectivity index (χ0n) is 13.9. The van der Waals surface area contributed by atoms with E-state index in [-0.39, 0.29) is 24.0 Å². The predicted molar refractivity (Wildman–Crippen MR) is 86.0 cm³/mol. The third-order valence-electron chi connectivity index (χ3n) is 3.59. The number of ether oxygens (including phenoxy) is 1. The molecule has 0 saturated carbocycles. The van der Waals surface area contributed by atoms with Crippen LogP contribution in [0.3, 0.4) is 0 Å². The van der Waals surface area contributed by atoms with Gasteiger partial charge >= 0.3 is 0 Å². The van der Waals surface area contributed by atoms with Crippen LogP contribution in [0.15, 0.2) is 12.4 Å². The average Bonchev–Trinajstić information content (AvgIpc) is 2.47. The molecule has 1 aromatic rings. The molecule has 1 fully saturated rings. The lowest BCUT2D eigenvalue weighted by molar-refractivity contribution is -0.124. The lowest BCUT2D eigenvalue weighted by Gasteiger charge is -2.34. The van der Waals surface area contributed by atoms with Crippen molar-refractivity contribution in [2.45, 2.75) is 52.7 Å². The van der Waals surface area contributed by atoms with Gasteiger partial charge in [0.2, 0.25) is 5.91 Å². The number of carbonyl (C=O) groups is 1. The van der Waals surface area contributed by atoms with Crippen LogP contribution in [0, 0.1) is 5.92 Å². The van der Waals surface area contributed by atoms with Crippen LogP contribution >= 0.6 is 0 Å². The number of piperidine rings is 1. The van der Waals surface area contributed by atoms with Gasteiger partial charge in [-0.15, -0.1) is 0 Å². The summed E-state index contributed by atoms with van der Waals surface area (Å²) in [7, 11) is 0. The lowest BCUT2D eigenvalue weighted by Crippen LogP contribution is -2.49. The monoisotopic (exact) mass is 306 g/mol. The second kappa shape index (κ2) is 7.42. The molecule has 1 saturated heterocycles. The van der Waals surface area contributed by atoms with Crippen LogP contribution in [0.2, 0.25) is 0 Å². The Labute approximate surface area is 132 Å². The van der Waals surface area contributed by atoms with E-state index in [1.807, 2.05) is 27.7 Å². The summed E-state index contributed by atoms with van der Waals surface area (Å²) in [6.07, 6.45) is 5.38. The van der Waals surface area contributed by atoms with E-state index in [1.165, 1.54) is 0 Å². The standard InChI is InChI=1S/C16H26N4O2/c1-11(2)15(21)19-13-6-5-9-20(10-13)14-16(22-12(3)4)18-8-7-17-14/h7-8,11-13H,5-6,9-10H2,1-4H3,(H,19,21). The van der Waals surface area contributed by atoms with E-state index in [1.54, 1.807) is 12.4 Å². The first-order chi connectivity index (χ1) is 10.5. The summed E-state index contributed by atoms with van der Waals surface area (Å²) in [6.45, 7) is 9.41. The van der Waals surface area contributed by atoms with Crippen molar-refractivity contribution in [3.63, 3.8) is 0 Å². The molecule has 1 atom stereocenters. The fourth-order valence-electron chi connectivity index (χ4n) is 2.50. The quantitative estimate of drug-likeness (QED) is 0.901. The maximum absolute atomic E-state index is 11.9. The normalized spacial score (nSPS) is 18.6. The Morgan fingerprint density at radius 1 is 1.32 bits per heavy atom. The second-order valence-corrected chi connectivity index (χ2v) is 6.30. The van der Waals surface area contributed by atoms with Gasteiger partial charge in [0, 0.05) is 37.4 Å². The number of hydrogen-bond acceptors (Lipinski definition) is 5. The molecule has 122 valence electrons. The van der Waals surface area contributed by atoms with E-state index in [4.69, 9.17) is 4.74 Å². The van der Waals surface area contributed by atoms with Gasteiger partial charge in [0.15, 0.2) is 5.82 Å². The SMILES string of the molecule is CC(C)Oc1nccnc1N1CCCC(NC(=O)C(C)C)C1. The highest BCUT2D eigenvalue weighted by Crippen LogP contribution is 2.26. The molecular formula is C16H26N4O2. The van der Waals surface area contributed by atoms with Crippen LogP contribution in [-0.4, -0.2) is 41.1 Å². The van der Waals surface area contributed by atoms with E-state index < -0.39 is 0 Å². The Morgan fingerprint density at radius 2 is 2.05 bits per heavy atom. The summed E-state index contributed by atoms with van der Waals surface area (Å²) < 4.78 is 5.75. The summed E-state index contributed by atoms with van der Waals surface area (Å²) >= 11 is 0. The van der Waals surface area contributed by atoms with Crippen LogP contribution in [0.5, 0.6) is 5.88 Å². The predicted octanol–water partition coefficient (Wildman–Crippen LogP) is 2.00. The van der Waals surface area contributed by atoms with Crippen molar-refractivity contribution in [2.75, 3.05) is 18.0 Å². The van der Waals surface area contributed by atoms with Crippen molar-refractivity contribution in [3.05, 3.63) is 12.4 Å². The lowest BCUT2D eigenvalue weighted by atomic mass is 10.0. The highest BCUT2D eigenvalue weighted by atomic mass is 16.5. The van der Waals surface area contributed by atoms with Gasteiger partial charge < -0.3 is 15.0 Å². The third-order valence-corrected chi connectivity index (χ3v) is 3.59. The third kappa shape index (κ3) is 4.32. The molecule has 6 heteroatoms. The summed E-state index contributed by atoms with van der Waals surface area (Å²) in [5.74, 6) is 1.43. The summed E-state index contributed by atoms with van der Waals surface area (Å²) in [5, 5.41) is 3.11. The van der Waals surface area contributed by atoms with Gasteiger partial charge in [0.1, 0.15) is 0 Å². The number of amides is 1. The summed E-state index contributed by atoms with van der Waals surface area (Å²) in [5.41, 5.74) is 0. The van der Waals surface area contributed by atoms with Crippen LogP contribution in [0.4, 0.5) is 5.82 Å². The number of nitrogens with zero attached hydrogens (tertiary/aromatic N) is 3. The van der Waals surface area contributed by atoms with Crippen molar-refractivity contribution in [1.29, 1.82) is 0 Å². The molecule has 1 N–H and O–H groups in total. The Morgan fingerprint density at radius 3 is 2.73 bits per heavy atom. The minimum absolute atomic E-state index is 0.00623. The smallest absolute Gasteiger partial charge is 0.257 e. The number of hydrogen-bond donors (Lipinski definition) is 1. The molecule has 0 spiro atoms. The minimum Gasteiger partial charge on any atom is -0.472 e. The molecule has 1 amide bonds. The summed E-state index contributed by atoms with van der Waals surface area (Å²) in [4.78, 5) is 22.8.